The van der Waals surface area contributed by atoms with Crippen molar-refractivity contribution < 1.29 is 14.7 Å². The molecule has 0 aromatic heterocycles. The van der Waals surface area contributed by atoms with Crippen LogP contribution in [0.25, 0.3) is 0 Å². The summed E-state index contributed by atoms with van der Waals surface area (Å²) in [6.45, 7) is 4.28. The van der Waals surface area contributed by atoms with Crippen molar-refractivity contribution in [3.8, 4) is 6.07 Å². The van der Waals surface area contributed by atoms with Crippen molar-refractivity contribution in [2.24, 2.45) is 5.92 Å². The lowest BCUT2D eigenvalue weighted by molar-refractivity contribution is -0.141. The maximum Gasteiger partial charge on any atom is 0.326 e. The highest BCUT2D eigenvalue weighted by Gasteiger charge is 2.22. The van der Waals surface area contributed by atoms with Crippen molar-refractivity contribution in [2.75, 3.05) is 6.54 Å². The second-order valence-corrected chi connectivity index (χ2v) is 6.91. The molecule has 0 saturated heterocycles. The van der Waals surface area contributed by atoms with Crippen LogP contribution in [0.4, 0.5) is 0 Å². The van der Waals surface area contributed by atoms with Crippen LogP contribution in [0.15, 0.2) is 40.5 Å². The number of carboxylic acid groups (broad SMARTS) is 1. The first-order valence-electron chi connectivity index (χ1n) is 7.95. The van der Waals surface area contributed by atoms with Gasteiger partial charge in [0.05, 0.1) is 0 Å². The summed E-state index contributed by atoms with van der Waals surface area (Å²) in [7, 11) is 0. The zero-order valence-corrected chi connectivity index (χ0v) is 15.8. The quantitative estimate of drug-likeness (QED) is 0.331. The third-order valence-electron chi connectivity index (χ3n) is 3.37. The van der Waals surface area contributed by atoms with Gasteiger partial charge in [0.15, 0.2) is 0 Å². The Morgan fingerprint density at radius 2 is 2.12 bits per heavy atom. The lowest BCUT2D eigenvalue weighted by atomic mass is 10.0. The zero-order chi connectivity index (χ0) is 18.8. The minimum atomic E-state index is -1.11. The standard InChI is InChI=1S/C18H22BrN3O3/c1-12(2)8-16(18(24)25)22-17(23)14(10-20)11-21-7-6-13-4-3-5-15(19)9-13/h3-5,9,11-12,16,21H,6-8H2,1-2H3,(H,22,23)(H,24,25)/b14-11-. The Hall–Kier alpha value is -2.33. The number of nitrogens with zero attached hydrogens (tertiary/aromatic N) is 1. The first kappa shape index (κ1) is 20.7. The molecular weight excluding hydrogens is 386 g/mol. The number of hydrogen-bond donors (Lipinski definition) is 3. The molecule has 7 heteroatoms. The normalized spacial score (nSPS) is 12.4. The molecule has 1 rings (SSSR count). The highest BCUT2D eigenvalue weighted by Crippen LogP contribution is 2.11. The Kier molecular flexibility index (Phi) is 8.71. The molecule has 0 bridgehead atoms. The van der Waals surface area contributed by atoms with Gasteiger partial charge in [-0.1, -0.05) is 41.9 Å². The second-order valence-electron chi connectivity index (χ2n) is 6.00. The van der Waals surface area contributed by atoms with Crippen molar-refractivity contribution in [1.29, 1.82) is 5.26 Å². The molecule has 1 aromatic rings. The summed E-state index contributed by atoms with van der Waals surface area (Å²) >= 11 is 3.40. The van der Waals surface area contributed by atoms with Crippen molar-refractivity contribution in [2.45, 2.75) is 32.7 Å². The number of nitrogens with one attached hydrogen (secondary N) is 2. The van der Waals surface area contributed by atoms with E-state index in [2.05, 4.69) is 26.6 Å². The molecule has 0 aliphatic heterocycles. The fraction of sp³-hybridized carbons (Fsp3) is 0.389. The predicted octanol–water partition coefficient (Wildman–Crippen LogP) is 2.60. The van der Waals surface area contributed by atoms with Crippen LogP contribution in [0.2, 0.25) is 0 Å². The molecule has 0 heterocycles. The first-order chi connectivity index (χ1) is 11.8. The topological polar surface area (TPSA) is 102 Å². The summed E-state index contributed by atoms with van der Waals surface area (Å²) in [5, 5.41) is 23.6. The molecule has 0 aliphatic carbocycles. The Morgan fingerprint density at radius 1 is 1.40 bits per heavy atom. The van der Waals surface area contributed by atoms with E-state index in [0.717, 1.165) is 16.5 Å². The SMILES string of the molecule is CC(C)CC(NC(=O)/C(C#N)=C\NCCc1cccc(Br)c1)C(=O)O. The van der Waals surface area contributed by atoms with Gasteiger partial charge in [-0.15, -0.1) is 0 Å². The fourth-order valence-corrected chi connectivity index (χ4v) is 2.61. The molecule has 0 saturated carbocycles. The van der Waals surface area contributed by atoms with E-state index in [-0.39, 0.29) is 11.5 Å². The van der Waals surface area contributed by atoms with Gasteiger partial charge in [0.1, 0.15) is 17.7 Å². The van der Waals surface area contributed by atoms with Crippen LogP contribution in [0.5, 0.6) is 0 Å². The number of aliphatic carboxylic acids is 1. The number of carboxylic acids is 1. The van der Waals surface area contributed by atoms with Crippen LogP contribution in [0.3, 0.4) is 0 Å². The molecule has 3 N–H and O–H groups in total. The Bertz CT molecular complexity index is 680. The number of rotatable bonds is 9. The average molecular weight is 408 g/mol. The molecule has 0 spiro atoms. The number of nitriles is 1. The number of halogens is 1. The smallest absolute Gasteiger partial charge is 0.326 e. The molecular formula is C18H22BrN3O3. The van der Waals surface area contributed by atoms with E-state index in [1.165, 1.54) is 6.20 Å². The summed E-state index contributed by atoms with van der Waals surface area (Å²) in [6, 6.07) is 8.63. The van der Waals surface area contributed by atoms with E-state index in [1.54, 1.807) is 6.07 Å². The number of amides is 1. The van der Waals surface area contributed by atoms with Crippen LogP contribution in [-0.4, -0.2) is 29.6 Å². The molecule has 25 heavy (non-hydrogen) atoms. The third-order valence-corrected chi connectivity index (χ3v) is 3.86. The van der Waals surface area contributed by atoms with Gasteiger partial charge in [-0.05, 0) is 36.5 Å². The highest BCUT2D eigenvalue weighted by atomic mass is 79.9. The minimum absolute atomic E-state index is 0.110. The summed E-state index contributed by atoms with van der Waals surface area (Å²) in [6.07, 6.45) is 2.35. The molecule has 1 atom stereocenters. The lowest BCUT2D eigenvalue weighted by Gasteiger charge is -2.16. The van der Waals surface area contributed by atoms with Gasteiger partial charge in [-0.3, -0.25) is 4.79 Å². The fourth-order valence-electron chi connectivity index (χ4n) is 2.16. The maximum atomic E-state index is 12.1. The second kappa shape index (κ2) is 10.5. The minimum Gasteiger partial charge on any atom is -0.480 e. The number of carbonyl (C=O) groups excluding carboxylic acids is 1. The molecule has 0 fully saturated rings. The lowest BCUT2D eigenvalue weighted by Crippen LogP contribution is -2.42. The van der Waals surface area contributed by atoms with E-state index in [1.807, 2.05) is 38.1 Å². The average Bonchev–Trinajstić information content (AvgIpc) is 2.53. The van der Waals surface area contributed by atoms with Gasteiger partial charge >= 0.3 is 5.97 Å². The molecule has 0 radical (unpaired) electrons. The summed E-state index contributed by atoms with van der Waals surface area (Å²) in [4.78, 5) is 23.3. The molecule has 0 aliphatic rings. The van der Waals surface area contributed by atoms with Crippen LogP contribution < -0.4 is 10.6 Å². The third kappa shape index (κ3) is 7.86. The predicted molar refractivity (Wildman–Crippen MR) is 98.6 cm³/mol. The van der Waals surface area contributed by atoms with Gasteiger partial charge in [-0.2, -0.15) is 5.26 Å². The number of hydrogen-bond acceptors (Lipinski definition) is 4. The highest BCUT2D eigenvalue weighted by molar-refractivity contribution is 9.10. The summed E-state index contributed by atoms with van der Waals surface area (Å²) in [5.74, 6) is -1.69. The molecule has 1 unspecified atom stereocenters. The van der Waals surface area contributed by atoms with E-state index in [9.17, 15) is 9.59 Å². The molecule has 1 amide bonds. The van der Waals surface area contributed by atoms with Crippen molar-refractivity contribution in [1.82, 2.24) is 10.6 Å². The number of benzene rings is 1. The van der Waals surface area contributed by atoms with Crippen LogP contribution in [-0.2, 0) is 16.0 Å². The van der Waals surface area contributed by atoms with E-state index in [4.69, 9.17) is 10.4 Å². The van der Waals surface area contributed by atoms with Crippen LogP contribution in [0.1, 0.15) is 25.8 Å². The molecule has 1 aromatic carbocycles. The van der Waals surface area contributed by atoms with Gasteiger partial charge in [0.25, 0.3) is 5.91 Å². The van der Waals surface area contributed by atoms with Crippen molar-refractivity contribution in [3.05, 3.63) is 46.1 Å². The molecule has 6 nitrogen and oxygen atoms in total. The van der Waals surface area contributed by atoms with Crippen molar-refractivity contribution >= 4 is 27.8 Å². The van der Waals surface area contributed by atoms with E-state index >= 15 is 0 Å². The van der Waals surface area contributed by atoms with Crippen LogP contribution >= 0.6 is 15.9 Å². The van der Waals surface area contributed by atoms with Gasteiger partial charge < -0.3 is 15.7 Å². The number of carbonyl (C=O) groups is 2. The van der Waals surface area contributed by atoms with Crippen molar-refractivity contribution in [3.63, 3.8) is 0 Å². The van der Waals surface area contributed by atoms with Crippen LogP contribution in [0, 0.1) is 17.2 Å². The van der Waals surface area contributed by atoms with Gasteiger partial charge in [0.2, 0.25) is 0 Å². The Morgan fingerprint density at radius 3 is 2.68 bits per heavy atom. The van der Waals surface area contributed by atoms with E-state index in [0.29, 0.717) is 13.0 Å². The van der Waals surface area contributed by atoms with Gasteiger partial charge in [0, 0.05) is 17.2 Å². The summed E-state index contributed by atoms with van der Waals surface area (Å²) < 4.78 is 0.988. The first-order valence-corrected chi connectivity index (χ1v) is 8.74. The Balaban J connectivity index is 2.58. The monoisotopic (exact) mass is 407 g/mol. The van der Waals surface area contributed by atoms with Gasteiger partial charge in [-0.25, -0.2) is 4.79 Å². The summed E-state index contributed by atoms with van der Waals surface area (Å²) in [5.41, 5.74) is 0.963. The Labute approximate surface area is 156 Å². The zero-order valence-electron chi connectivity index (χ0n) is 14.3. The van der Waals surface area contributed by atoms with E-state index < -0.39 is 17.9 Å². The molecule has 134 valence electrons. The largest absolute Gasteiger partial charge is 0.480 e. The maximum absolute atomic E-state index is 12.1.